The van der Waals surface area contributed by atoms with E-state index in [1.54, 1.807) is 0 Å². The van der Waals surface area contributed by atoms with Crippen molar-refractivity contribution < 1.29 is 0 Å². The van der Waals surface area contributed by atoms with Gasteiger partial charge in [0.05, 0.1) is 0 Å². The highest BCUT2D eigenvalue weighted by atomic mass is 14.5. The molecule has 0 heterocycles. The summed E-state index contributed by atoms with van der Waals surface area (Å²) in [7, 11) is 0. The molecule has 0 aliphatic rings. The third-order valence-electron chi connectivity index (χ3n) is 4.09. The van der Waals surface area contributed by atoms with E-state index in [-0.39, 0.29) is 0 Å². The van der Waals surface area contributed by atoms with Crippen LogP contribution in [0.2, 0.25) is 0 Å². The summed E-state index contributed by atoms with van der Waals surface area (Å²) < 4.78 is 0. The average molecular weight is 268 g/mol. The van der Waals surface area contributed by atoms with Gasteiger partial charge in [-0.2, -0.15) is 0 Å². The van der Waals surface area contributed by atoms with E-state index < -0.39 is 0 Å². The maximum Gasteiger partial charge on any atom is 0.0314 e. The Balaban J connectivity index is 2.32. The van der Waals surface area contributed by atoms with Crippen LogP contribution in [-0.2, 0) is 0 Å². The van der Waals surface area contributed by atoms with E-state index in [1.807, 2.05) is 24.3 Å². The molecule has 2 atom stereocenters. The van der Waals surface area contributed by atoms with Crippen LogP contribution in [0.25, 0.3) is 0 Å². The van der Waals surface area contributed by atoms with Gasteiger partial charge in [-0.3, -0.25) is 0 Å². The number of rotatable bonds is 5. The van der Waals surface area contributed by atoms with E-state index in [9.17, 15) is 0 Å². The second-order valence-electron chi connectivity index (χ2n) is 5.36. The lowest BCUT2D eigenvalue weighted by atomic mass is 9.78. The molecule has 0 spiro atoms. The quantitative estimate of drug-likeness (QED) is 0.782. The summed E-state index contributed by atoms with van der Waals surface area (Å²) in [5, 5.41) is 0. The van der Waals surface area contributed by atoms with Crippen molar-refractivity contribution in [2.24, 2.45) is 0 Å². The normalized spacial score (nSPS) is 13.9. The first kappa shape index (κ1) is 14.4. The first-order chi connectivity index (χ1) is 9.65. The molecule has 0 fully saturated rings. The lowest BCUT2D eigenvalue weighted by Crippen LogP contribution is -2.10. The highest BCUT2D eigenvalue weighted by Gasteiger charge is 2.21. The van der Waals surface area contributed by atoms with Crippen molar-refractivity contribution in [3.8, 4) is 0 Å². The van der Waals surface area contributed by atoms with Gasteiger partial charge in [0, 0.05) is 11.4 Å². The van der Waals surface area contributed by atoms with E-state index >= 15 is 0 Å². The van der Waals surface area contributed by atoms with Crippen LogP contribution in [0.3, 0.4) is 0 Å². The zero-order valence-corrected chi connectivity index (χ0v) is 12.3. The molecular weight excluding hydrogens is 244 g/mol. The van der Waals surface area contributed by atoms with Gasteiger partial charge in [-0.05, 0) is 60.1 Å². The van der Waals surface area contributed by atoms with Crippen LogP contribution in [0.5, 0.6) is 0 Å². The molecule has 2 aromatic rings. The SMILES string of the molecule is CC[C@@H](c1ccc(N)cc1)[C@@H](CC)c1ccc(N)cc1. The minimum atomic E-state index is 0.518. The van der Waals surface area contributed by atoms with Gasteiger partial charge < -0.3 is 11.5 Å². The van der Waals surface area contributed by atoms with Crippen molar-refractivity contribution in [1.29, 1.82) is 0 Å². The Morgan fingerprint density at radius 1 is 0.650 bits per heavy atom. The van der Waals surface area contributed by atoms with E-state index in [1.165, 1.54) is 11.1 Å². The number of hydrogen-bond acceptors (Lipinski definition) is 2. The first-order valence-corrected chi connectivity index (χ1v) is 7.36. The van der Waals surface area contributed by atoms with Gasteiger partial charge in [0.15, 0.2) is 0 Å². The van der Waals surface area contributed by atoms with Crippen molar-refractivity contribution >= 4 is 11.4 Å². The van der Waals surface area contributed by atoms with Crippen LogP contribution in [0, 0.1) is 0 Å². The van der Waals surface area contributed by atoms with Crippen molar-refractivity contribution in [1.82, 2.24) is 0 Å². The van der Waals surface area contributed by atoms with Gasteiger partial charge in [0.1, 0.15) is 0 Å². The van der Waals surface area contributed by atoms with Crippen LogP contribution in [-0.4, -0.2) is 0 Å². The molecular formula is C18H24N2. The smallest absolute Gasteiger partial charge is 0.0314 e. The second kappa shape index (κ2) is 6.47. The Bertz CT molecular complexity index is 477. The maximum atomic E-state index is 5.79. The Hall–Kier alpha value is -1.96. The molecule has 0 aliphatic heterocycles. The van der Waals surface area contributed by atoms with Crippen molar-refractivity contribution in [2.75, 3.05) is 11.5 Å². The topological polar surface area (TPSA) is 52.0 Å². The van der Waals surface area contributed by atoms with Gasteiger partial charge in [0.25, 0.3) is 0 Å². The molecule has 0 bridgehead atoms. The zero-order chi connectivity index (χ0) is 14.5. The summed E-state index contributed by atoms with van der Waals surface area (Å²) in [6.45, 7) is 4.50. The molecule has 2 heteroatoms. The van der Waals surface area contributed by atoms with Crippen LogP contribution >= 0.6 is 0 Å². The van der Waals surface area contributed by atoms with E-state index in [2.05, 4.69) is 38.1 Å². The van der Waals surface area contributed by atoms with Gasteiger partial charge in [0.2, 0.25) is 0 Å². The summed E-state index contributed by atoms with van der Waals surface area (Å²) in [6, 6.07) is 16.6. The fraction of sp³-hybridized carbons (Fsp3) is 0.333. The number of benzene rings is 2. The third-order valence-corrected chi connectivity index (χ3v) is 4.09. The number of hydrogen-bond donors (Lipinski definition) is 2. The lowest BCUT2D eigenvalue weighted by molar-refractivity contribution is 0.510. The van der Waals surface area contributed by atoms with Gasteiger partial charge >= 0.3 is 0 Å². The molecule has 0 aromatic heterocycles. The number of nitrogen functional groups attached to an aromatic ring is 2. The molecule has 0 amide bonds. The minimum Gasteiger partial charge on any atom is -0.399 e. The average Bonchev–Trinajstić information content (AvgIpc) is 2.47. The van der Waals surface area contributed by atoms with E-state index in [0.29, 0.717) is 11.8 Å². The zero-order valence-electron chi connectivity index (χ0n) is 12.3. The van der Waals surface area contributed by atoms with Crippen LogP contribution < -0.4 is 11.5 Å². The van der Waals surface area contributed by atoms with Crippen LogP contribution in [0.15, 0.2) is 48.5 Å². The predicted molar refractivity (Wildman–Crippen MR) is 87.8 cm³/mol. The molecule has 0 saturated heterocycles. The van der Waals surface area contributed by atoms with Gasteiger partial charge in [-0.1, -0.05) is 38.1 Å². The fourth-order valence-electron chi connectivity index (χ4n) is 2.99. The molecule has 20 heavy (non-hydrogen) atoms. The summed E-state index contributed by atoms with van der Waals surface area (Å²) in [6.07, 6.45) is 2.24. The molecule has 2 rings (SSSR count). The fourth-order valence-corrected chi connectivity index (χ4v) is 2.99. The predicted octanol–water partition coefficient (Wildman–Crippen LogP) is 4.54. The van der Waals surface area contributed by atoms with Gasteiger partial charge in [-0.25, -0.2) is 0 Å². The Morgan fingerprint density at radius 3 is 1.20 bits per heavy atom. The van der Waals surface area contributed by atoms with Crippen molar-refractivity contribution in [3.63, 3.8) is 0 Å². The van der Waals surface area contributed by atoms with Crippen molar-refractivity contribution in [3.05, 3.63) is 59.7 Å². The van der Waals surface area contributed by atoms with Crippen LogP contribution in [0.1, 0.15) is 49.7 Å². The Labute approximate surface area is 121 Å². The lowest BCUT2D eigenvalue weighted by Gasteiger charge is -2.26. The van der Waals surface area contributed by atoms with E-state index in [0.717, 1.165) is 24.2 Å². The van der Waals surface area contributed by atoms with Gasteiger partial charge in [-0.15, -0.1) is 0 Å². The highest BCUT2D eigenvalue weighted by molar-refractivity contribution is 5.43. The summed E-state index contributed by atoms with van der Waals surface area (Å²) in [5.41, 5.74) is 16.0. The Morgan fingerprint density at radius 2 is 0.950 bits per heavy atom. The molecule has 106 valence electrons. The summed E-state index contributed by atoms with van der Waals surface area (Å²) in [4.78, 5) is 0. The maximum absolute atomic E-state index is 5.79. The number of nitrogens with two attached hydrogens (primary N) is 2. The monoisotopic (exact) mass is 268 g/mol. The highest BCUT2D eigenvalue weighted by Crippen LogP contribution is 2.38. The molecule has 0 saturated carbocycles. The second-order valence-corrected chi connectivity index (χ2v) is 5.36. The molecule has 0 aliphatic carbocycles. The van der Waals surface area contributed by atoms with Crippen LogP contribution in [0.4, 0.5) is 11.4 Å². The van der Waals surface area contributed by atoms with E-state index in [4.69, 9.17) is 11.5 Å². The molecule has 2 nitrogen and oxygen atoms in total. The molecule has 4 N–H and O–H groups in total. The largest absolute Gasteiger partial charge is 0.399 e. The molecule has 0 unspecified atom stereocenters. The summed E-state index contributed by atoms with van der Waals surface area (Å²) >= 11 is 0. The molecule has 0 radical (unpaired) electrons. The van der Waals surface area contributed by atoms with Crippen molar-refractivity contribution in [2.45, 2.75) is 38.5 Å². The number of anilines is 2. The summed E-state index contributed by atoms with van der Waals surface area (Å²) in [5.74, 6) is 1.04. The Kier molecular flexibility index (Phi) is 4.67. The minimum absolute atomic E-state index is 0.518. The molecule has 2 aromatic carbocycles. The third kappa shape index (κ3) is 3.13. The standard InChI is InChI=1S/C18H24N2/c1-3-17(13-5-9-15(19)10-6-13)18(4-2)14-7-11-16(20)12-8-14/h5-12,17-18H,3-4,19-20H2,1-2H3/t17-,18-/m0/s1. The first-order valence-electron chi connectivity index (χ1n) is 7.36.